The van der Waals surface area contributed by atoms with Crippen LogP contribution in [0, 0.1) is 11.3 Å². The van der Waals surface area contributed by atoms with Crippen molar-refractivity contribution in [1.82, 2.24) is 15.1 Å². The van der Waals surface area contributed by atoms with Gasteiger partial charge in [-0.25, -0.2) is 0 Å². The summed E-state index contributed by atoms with van der Waals surface area (Å²) in [6, 6.07) is 1.79. The summed E-state index contributed by atoms with van der Waals surface area (Å²) in [7, 11) is 1.74. The van der Waals surface area contributed by atoms with Crippen molar-refractivity contribution in [3.63, 3.8) is 0 Å². The van der Waals surface area contributed by atoms with Crippen LogP contribution in [0.25, 0.3) is 0 Å². The molecule has 1 amide bonds. The third-order valence-electron chi connectivity index (χ3n) is 4.38. The van der Waals surface area contributed by atoms with Crippen LogP contribution in [0.2, 0.25) is 0 Å². The van der Waals surface area contributed by atoms with Gasteiger partial charge in [0.25, 0.3) is 5.91 Å². The van der Waals surface area contributed by atoms with Gasteiger partial charge in [-0.1, -0.05) is 26.7 Å². The molecule has 2 N–H and O–H groups in total. The Bertz CT molecular complexity index is 557. The number of aryl methyl sites for hydroxylation is 1. The topological polar surface area (TPSA) is 84.2 Å². The number of aliphatic carboxylic acids is 1. The number of carboxylic acid groups (broad SMARTS) is 1. The minimum absolute atomic E-state index is 0.186. The van der Waals surface area contributed by atoms with E-state index in [0.717, 1.165) is 25.0 Å². The van der Waals surface area contributed by atoms with E-state index in [4.69, 9.17) is 0 Å². The lowest BCUT2D eigenvalue weighted by atomic mass is 9.86. The van der Waals surface area contributed by atoms with E-state index in [1.165, 1.54) is 0 Å². The van der Waals surface area contributed by atoms with Crippen LogP contribution in [0.4, 0.5) is 0 Å². The number of carbonyl (C=O) groups is 2. The quantitative estimate of drug-likeness (QED) is 0.842. The molecule has 1 heterocycles. The van der Waals surface area contributed by atoms with Crippen LogP contribution in [0.3, 0.4) is 0 Å². The van der Waals surface area contributed by atoms with Crippen LogP contribution in [0.1, 0.15) is 55.7 Å². The maximum absolute atomic E-state index is 12.3. The summed E-state index contributed by atoms with van der Waals surface area (Å²) >= 11 is 0. The van der Waals surface area contributed by atoms with Crippen LogP contribution in [0.5, 0.6) is 0 Å². The number of amides is 1. The fourth-order valence-corrected chi connectivity index (χ4v) is 3.12. The highest BCUT2D eigenvalue weighted by molar-refractivity contribution is 5.93. The molecule has 0 atom stereocenters. The number of aromatic nitrogens is 2. The first-order valence-electron chi connectivity index (χ1n) is 7.88. The highest BCUT2D eigenvalue weighted by atomic mass is 16.4. The van der Waals surface area contributed by atoms with Crippen molar-refractivity contribution in [1.29, 1.82) is 0 Å². The monoisotopic (exact) mass is 307 g/mol. The van der Waals surface area contributed by atoms with Gasteiger partial charge in [0.15, 0.2) is 0 Å². The van der Waals surface area contributed by atoms with E-state index in [1.54, 1.807) is 17.8 Å². The van der Waals surface area contributed by atoms with Crippen molar-refractivity contribution < 1.29 is 14.7 Å². The maximum Gasteiger partial charge on any atom is 0.311 e. The summed E-state index contributed by atoms with van der Waals surface area (Å²) in [4.78, 5) is 23.8. The smallest absolute Gasteiger partial charge is 0.311 e. The number of nitrogens with one attached hydrogen (secondary N) is 1. The standard InChI is InChI=1S/C16H25N3O3/c1-11(2)8-12-9-13(19(3)18-12)14(20)17-10-16(15(21)22)6-4-5-7-16/h9,11H,4-8,10H2,1-3H3,(H,17,20)(H,21,22). The molecular weight excluding hydrogens is 282 g/mol. The Morgan fingerprint density at radius 2 is 2.05 bits per heavy atom. The first-order valence-corrected chi connectivity index (χ1v) is 7.88. The molecule has 1 aliphatic carbocycles. The van der Waals surface area contributed by atoms with E-state index in [2.05, 4.69) is 24.3 Å². The molecule has 2 rings (SSSR count). The van der Waals surface area contributed by atoms with E-state index < -0.39 is 11.4 Å². The molecule has 0 unspecified atom stereocenters. The molecule has 6 heteroatoms. The molecule has 0 radical (unpaired) electrons. The lowest BCUT2D eigenvalue weighted by Gasteiger charge is -2.23. The van der Waals surface area contributed by atoms with E-state index in [9.17, 15) is 14.7 Å². The summed E-state index contributed by atoms with van der Waals surface area (Å²) in [5.41, 5.74) is 0.570. The van der Waals surface area contributed by atoms with Crippen molar-refractivity contribution >= 4 is 11.9 Å². The Balaban J connectivity index is 2.03. The zero-order valence-electron chi connectivity index (χ0n) is 13.6. The highest BCUT2D eigenvalue weighted by Gasteiger charge is 2.41. The molecular formula is C16H25N3O3. The Kier molecular flexibility index (Phi) is 4.88. The minimum atomic E-state index is -0.809. The van der Waals surface area contributed by atoms with Crippen LogP contribution < -0.4 is 5.32 Å². The van der Waals surface area contributed by atoms with Gasteiger partial charge in [0, 0.05) is 13.6 Å². The molecule has 22 heavy (non-hydrogen) atoms. The first kappa shape index (κ1) is 16.5. The molecule has 6 nitrogen and oxygen atoms in total. The zero-order chi connectivity index (χ0) is 16.3. The molecule has 0 bridgehead atoms. The third-order valence-corrected chi connectivity index (χ3v) is 4.38. The van der Waals surface area contributed by atoms with Crippen molar-refractivity contribution in [3.05, 3.63) is 17.5 Å². The van der Waals surface area contributed by atoms with Gasteiger partial charge in [0.1, 0.15) is 5.69 Å². The fourth-order valence-electron chi connectivity index (χ4n) is 3.12. The summed E-state index contributed by atoms with van der Waals surface area (Å²) in [6.07, 6.45) is 3.90. The van der Waals surface area contributed by atoms with Crippen LogP contribution in [-0.4, -0.2) is 33.3 Å². The van der Waals surface area contributed by atoms with E-state index in [1.807, 2.05) is 0 Å². The maximum atomic E-state index is 12.3. The second-order valence-electron chi connectivity index (χ2n) is 6.72. The number of hydrogen-bond acceptors (Lipinski definition) is 3. The largest absolute Gasteiger partial charge is 0.481 e. The molecule has 122 valence electrons. The molecule has 0 saturated heterocycles. The highest BCUT2D eigenvalue weighted by Crippen LogP contribution is 2.37. The third kappa shape index (κ3) is 3.48. The molecule has 1 aromatic rings. The average molecular weight is 307 g/mol. The van der Waals surface area contributed by atoms with Gasteiger partial charge >= 0.3 is 5.97 Å². The van der Waals surface area contributed by atoms with E-state index in [0.29, 0.717) is 24.5 Å². The molecule has 1 aliphatic rings. The van der Waals surface area contributed by atoms with Gasteiger partial charge < -0.3 is 10.4 Å². The molecule has 0 spiro atoms. The van der Waals surface area contributed by atoms with Crippen molar-refractivity contribution in [2.24, 2.45) is 18.4 Å². The molecule has 0 aliphatic heterocycles. The van der Waals surface area contributed by atoms with Crippen LogP contribution in [0.15, 0.2) is 6.07 Å². The van der Waals surface area contributed by atoms with Gasteiger partial charge in [0.05, 0.1) is 11.1 Å². The van der Waals surface area contributed by atoms with Crippen LogP contribution in [-0.2, 0) is 18.3 Å². The molecule has 1 fully saturated rings. The Labute approximate surface area is 130 Å². The van der Waals surface area contributed by atoms with Gasteiger partial charge in [0.2, 0.25) is 0 Å². The molecule has 1 saturated carbocycles. The predicted octanol–water partition coefficient (Wildman–Crippen LogP) is 1.99. The number of carbonyl (C=O) groups excluding carboxylic acids is 1. The van der Waals surface area contributed by atoms with Crippen molar-refractivity contribution in [3.8, 4) is 0 Å². The second kappa shape index (κ2) is 6.50. The van der Waals surface area contributed by atoms with Gasteiger partial charge in [-0.05, 0) is 31.2 Å². The number of rotatable bonds is 6. The van der Waals surface area contributed by atoms with Crippen LogP contribution >= 0.6 is 0 Å². The predicted molar refractivity (Wildman–Crippen MR) is 82.6 cm³/mol. The summed E-state index contributed by atoms with van der Waals surface area (Å²) in [5.74, 6) is -0.590. The van der Waals surface area contributed by atoms with Gasteiger partial charge in [-0.2, -0.15) is 5.10 Å². The number of hydrogen-bond donors (Lipinski definition) is 2. The first-order chi connectivity index (χ1) is 10.3. The lowest BCUT2D eigenvalue weighted by Crippen LogP contribution is -2.41. The zero-order valence-corrected chi connectivity index (χ0v) is 13.6. The molecule has 1 aromatic heterocycles. The van der Waals surface area contributed by atoms with E-state index in [-0.39, 0.29) is 12.5 Å². The average Bonchev–Trinajstić information content (AvgIpc) is 3.03. The summed E-state index contributed by atoms with van der Waals surface area (Å²) in [5, 5.41) is 16.6. The van der Waals surface area contributed by atoms with Crippen molar-refractivity contribution in [2.75, 3.05) is 6.54 Å². The fraction of sp³-hybridized carbons (Fsp3) is 0.688. The number of carboxylic acids is 1. The summed E-state index contributed by atoms with van der Waals surface area (Å²) in [6.45, 7) is 4.39. The minimum Gasteiger partial charge on any atom is -0.481 e. The lowest BCUT2D eigenvalue weighted by molar-refractivity contribution is -0.148. The SMILES string of the molecule is CC(C)Cc1cc(C(=O)NCC2(C(=O)O)CCCC2)n(C)n1. The normalized spacial score (nSPS) is 16.9. The molecule has 0 aromatic carbocycles. The number of nitrogens with zero attached hydrogens (tertiary/aromatic N) is 2. The van der Waals surface area contributed by atoms with Gasteiger partial charge in [-0.3, -0.25) is 14.3 Å². The Hall–Kier alpha value is -1.85. The summed E-state index contributed by atoms with van der Waals surface area (Å²) < 4.78 is 1.56. The Morgan fingerprint density at radius 1 is 1.41 bits per heavy atom. The second-order valence-corrected chi connectivity index (χ2v) is 6.72. The van der Waals surface area contributed by atoms with Crippen molar-refractivity contribution in [2.45, 2.75) is 46.0 Å². The Morgan fingerprint density at radius 3 is 2.59 bits per heavy atom. The van der Waals surface area contributed by atoms with Gasteiger partial charge in [-0.15, -0.1) is 0 Å². The van der Waals surface area contributed by atoms with E-state index >= 15 is 0 Å².